The average Bonchev–Trinajstić information content (AvgIpc) is 2.22. The number of benzene rings is 1. The average molecular weight is 292 g/mol. The lowest BCUT2D eigenvalue weighted by Gasteiger charge is -2.17. The molecule has 0 heterocycles. The van der Waals surface area contributed by atoms with Crippen LogP contribution in [0.5, 0.6) is 0 Å². The highest BCUT2D eigenvalue weighted by Crippen LogP contribution is 2.13. The molecule has 0 fully saturated rings. The van der Waals surface area contributed by atoms with Crippen LogP contribution in [0.3, 0.4) is 0 Å². The first-order valence-corrected chi connectivity index (χ1v) is 6.17. The van der Waals surface area contributed by atoms with Crippen LogP contribution in [-0.4, -0.2) is 23.3 Å². The van der Waals surface area contributed by atoms with Gasteiger partial charge in [-0.15, -0.1) is 0 Å². The van der Waals surface area contributed by atoms with E-state index in [4.69, 9.17) is 0 Å². The van der Waals surface area contributed by atoms with Gasteiger partial charge >= 0.3 is 0 Å². The van der Waals surface area contributed by atoms with E-state index in [0.717, 1.165) is 19.0 Å². The Morgan fingerprint density at radius 3 is 2.69 bits per heavy atom. The molecule has 16 heavy (non-hydrogen) atoms. The third-order valence-corrected chi connectivity index (χ3v) is 2.84. The topological polar surface area (TPSA) is 3.24 Å². The first kappa shape index (κ1) is 13.6. The van der Waals surface area contributed by atoms with Gasteiger partial charge in [0.25, 0.3) is 0 Å². The normalized spacial score (nSPS) is 13.1. The van der Waals surface area contributed by atoms with Gasteiger partial charge in [-0.05, 0) is 26.1 Å². The van der Waals surface area contributed by atoms with Gasteiger partial charge in [0.15, 0.2) is 11.6 Å². The Morgan fingerprint density at radius 2 is 2.06 bits per heavy atom. The molecule has 90 valence electrons. The molecule has 1 nitrogen and oxygen atoms in total. The molecule has 1 aromatic rings. The van der Waals surface area contributed by atoms with Gasteiger partial charge in [-0.3, -0.25) is 0 Å². The van der Waals surface area contributed by atoms with Crippen LogP contribution in [0.4, 0.5) is 8.78 Å². The molecular weight excluding hydrogens is 276 g/mol. The number of nitrogens with zero attached hydrogens (tertiary/aromatic N) is 1. The largest absolute Gasteiger partial charge is 0.302 e. The lowest BCUT2D eigenvalue weighted by Crippen LogP contribution is -2.21. The molecule has 0 saturated carbocycles. The van der Waals surface area contributed by atoms with E-state index in [0.29, 0.717) is 16.9 Å². The van der Waals surface area contributed by atoms with Gasteiger partial charge in [-0.1, -0.05) is 35.0 Å². The van der Waals surface area contributed by atoms with E-state index in [9.17, 15) is 8.78 Å². The Labute approximate surface area is 104 Å². The summed E-state index contributed by atoms with van der Waals surface area (Å²) in [6.45, 7) is 3.35. The molecule has 1 rings (SSSR count). The van der Waals surface area contributed by atoms with Crippen molar-refractivity contribution < 1.29 is 8.78 Å². The second-order valence-electron chi connectivity index (χ2n) is 4.02. The highest BCUT2D eigenvalue weighted by atomic mass is 79.9. The van der Waals surface area contributed by atoms with Crippen LogP contribution in [0, 0.1) is 11.6 Å². The van der Waals surface area contributed by atoms with E-state index >= 15 is 0 Å². The summed E-state index contributed by atoms with van der Waals surface area (Å²) in [5.41, 5.74) is 0.407. The third-order valence-electron chi connectivity index (χ3n) is 2.38. The molecule has 1 atom stereocenters. The van der Waals surface area contributed by atoms with Crippen LogP contribution in [-0.2, 0) is 6.54 Å². The van der Waals surface area contributed by atoms with E-state index in [1.54, 1.807) is 6.07 Å². The van der Waals surface area contributed by atoms with Gasteiger partial charge in [0.05, 0.1) is 0 Å². The van der Waals surface area contributed by atoms with Crippen LogP contribution in [0.2, 0.25) is 0 Å². The van der Waals surface area contributed by atoms with Gasteiger partial charge in [-0.2, -0.15) is 0 Å². The van der Waals surface area contributed by atoms with Crippen molar-refractivity contribution in [3.05, 3.63) is 35.4 Å². The highest BCUT2D eigenvalue weighted by molar-refractivity contribution is 9.09. The summed E-state index contributed by atoms with van der Waals surface area (Å²) >= 11 is 3.45. The molecule has 0 N–H and O–H groups in total. The lowest BCUT2D eigenvalue weighted by atomic mass is 10.2. The molecule has 0 aliphatic heterocycles. The molecule has 4 heteroatoms. The van der Waals surface area contributed by atoms with E-state index in [1.807, 2.05) is 11.9 Å². The van der Waals surface area contributed by atoms with E-state index in [-0.39, 0.29) is 0 Å². The zero-order valence-corrected chi connectivity index (χ0v) is 11.1. The fourth-order valence-corrected chi connectivity index (χ4v) is 1.64. The summed E-state index contributed by atoms with van der Waals surface area (Å²) < 4.78 is 26.3. The van der Waals surface area contributed by atoms with Crippen LogP contribution in [0.1, 0.15) is 18.9 Å². The van der Waals surface area contributed by atoms with Crippen LogP contribution < -0.4 is 0 Å². The predicted molar refractivity (Wildman–Crippen MR) is 65.7 cm³/mol. The minimum Gasteiger partial charge on any atom is -0.302 e. The minimum absolute atomic E-state index is 0.407. The molecule has 0 aliphatic carbocycles. The van der Waals surface area contributed by atoms with E-state index < -0.39 is 11.6 Å². The Hall–Kier alpha value is -0.480. The second-order valence-corrected chi connectivity index (χ2v) is 5.58. The van der Waals surface area contributed by atoms with Gasteiger partial charge in [0, 0.05) is 16.9 Å². The maximum absolute atomic E-state index is 13.3. The van der Waals surface area contributed by atoms with Crippen LogP contribution in [0.25, 0.3) is 0 Å². The number of rotatable bonds is 5. The fourth-order valence-electron chi connectivity index (χ4n) is 1.44. The molecule has 0 bridgehead atoms. The molecule has 0 saturated heterocycles. The van der Waals surface area contributed by atoms with Gasteiger partial charge in [-0.25, -0.2) is 8.78 Å². The van der Waals surface area contributed by atoms with E-state index in [2.05, 4.69) is 22.9 Å². The van der Waals surface area contributed by atoms with Crippen LogP contribution >= 0.6 is 15.9 Å². The summed E-state index contributed by atoms with van der Waals surface area (Å²) in [7, 11) is 1.90. The monoisotopic (exact) mass is 291 g/mol. The number of alkyl halides is 1. The smallest absolute Gasteiger partial charge is 0.163 e. The van der Waals surface area contributed by atoms with Crippen molar-refractivity contribution in [3.63, 3.8) is 0 Å². The zero-order valence-electron chi connectivity index (χ0n) is 9.51. The molecule has 0 aliphatic rings. The lowest BCUT2D eigenvalue weighted by molar-refractivity contribution is 0.315. The number of hydrogen-bond donors (Lipinski definition) is 0. The van der Waals surface area contributed by atoms with Crippen molar-refractivity contribution in [2.24, 2.45) is 0 Å². The van der Waals surface area contributed by atoms with Crippen molar-refractivity contribution in [2.75, 3.05) is 13.6 Å². The Kier molecular flexibility index (Phi) is 5.35. The summed E-state index contributed by atoms with van der Waals surface area (Å²) in [5.74, 6) is -1.51. The van der Waals surface area contributed by atoms with Crippen molar-refractivity contribution in [3.8, 4) is 0 Å². The van der Waals surface area contributed by atoms with Crippen LogP contribution in [0.15, 0.2) is 18.2 Å². The molecule has 0 spiro atoms. The first-order valence-electron chi connectivity index (χ1n) is 5.26. The Bertz CT molecular complexity index is 342. The molecule has 1 unspecified atom stereocenters. The standard InChI is InChI=1S/C12H16BrF2N/c1-9(13)6-7-16(2)8-10-4-3-5-11(14)12(10)15/h3-5,9H,6-8H2,1-2H3. The zero-order chi connectivity index (χ0) is 12.1. The fraction of sp³-hybridized carbons (Fsp3) is 0.500. The molecular formula is C12H16BrF2N. The molecule has 0 radical (unpaired) electrons. The van der Waals surface area contributed by atoms with Crippen molar-refractivity contribution in [1.29, 1.82) is 0 Å². The highest BCUT2D eigenvalue weighted by Gasteiger charge is 2.09. The maximum atomic E-state index is 13.3. The van der Waals surface area contributed by atoms with Crippen molar-refractivity contribution in [1.82, 2.24) is 4.90 Å². The van der Waals surface area contributed by atoms with Crippen molar-refractivity contribution >= 4 is 15.9 Å². The maximum Gasteiger partial charge on any atom is 0.163 e. The first-order chi connectivity index (χ1) is 7.50. The number of halogens is 3. The van der Waals surface area contributed by atoms with Gasteiger partial charge in [0.1, 0.15) is 0 Å². The van der Waals surface area contributed by atoms with Crippen molar-refractivity contribution in [2.45, 2.75) is 24.7 Å². The van der Waals surface area contributed by atoms with Gasteiger partial charge in [0.2, 0.25) is 0 Å². The SMILES string of the molecule is CC(Br)CCN(C)Cc1cccc(F)c1F. The van der Waals surface area contributed by atoms with E-state index in [1.165, 1.54) is 6.07 Å². The minimum atomic E-state index is -0.778. The summed E-state index contributed by atoms with van der Waals surface area (Å²) in [6.07, 6.45) is 0.980. The number of hydrogen-bond acceptors (Lipinski definition) is 1. The predicted octanol–water partition coefficient (Wildman–Crippen LogP) is 3.57. The van der Waals surface area contributed by atoms with Gasteiger partial charge < -0.3 is 4.90 Å². The quantitative estimate of drug-likeness (QED) is 0.750. The summed E-state index contributed by atoms with van der Waals surface area (Å²) in [4.78, 5) is 2.42. The second kappa shape index (κ2) is 6.30. The molecule has 1 aromatic carbocycles. The third kappa shape index (κ3) is 4.18. The molecule has 0 aromatic heterocycles. The Balaban J connectivity index is 2.56. The molecule has 0 amide bonds. The summed E-state index contributed by atoms with van der Waals surface area (Å²) in [6, 6.07) is 4.29. The Morgan fingerprint density at radius 1 is 1.38 bits per heavy atom. The summed E-state index contributed by atoms with van der Waals surface area (Å²) in [5, 5.41) is 0.